The minimum atomic E-state index is -0.196. The molecule has 2 aromatic rings. The molecule has 3 aliphatic rings. The van der Waals surface area contributed by atoms with Crippen LogP contribution in [0.15, 0.2) is 54.6 Å². The SMILES string of the molecule is CO[C@@H]1[C@@H](NC(=O)Cc2ccccc2)c2ccccc2C12CCN(C(=O)CN1CCCCC1)CC2. The highest BCUT2D eigenvalue weighted by atomic mass is 16.5. The fourth-order valence-electron chi connectivity index (χ4n) is 6.50. The zero-order valence-corrected chi connectivity index (χ0v) is 20.7. The lowest BCUT2D eigenvalue weighted by Crippen LogP contribution is -2.53. The van der Waals surface area contributed by atoms with E-state index in [4.69, 9.17) is 4.74 Å². The Morgan fingerprint density at radius 1 is 0.943 bits per heavy atom. The van der Waals surface area contributed by atoms with E-state index in [0.717, 1.165) is 50.1 Å². The third-order valence-electron chi connectivity index (χ3n) is 8.27. The van der Waals surface area contributed by atoms with Crippen LogP contribution < -0.4 is 5.32 Å². The number of likely N-dealkylation sites (tertiary alicyclic amines) is 2. The average Bonchev–Trinajstić information content (AvgIpc) is 3.13. The zero-order chi connectivity index (χ0) is 24.3. The third kappa shape index (κ3) is 4.87. The standard InChI is InChI=1S/C29H37N3O3/c1-35-28-27(30-25(33)20-22-10-4-2-5-11-22)23-12-6-7-13-24(23)29(28)14-18-32(19-15-29)26(34)21-31-16-8-3-9-17-31/h2,4-7,10-13,27-28H,3,8-9,14-21H2,1H3,(H,30,33)/t27-,28+/m0/s1. The maximum absolute atomic E-state index is 13.0. The van der Waals surface area contributed by atoms with Gasteiger partial charge in [-0.25, -0.2) is 0 Å². The summed E-state index contributed by atoms with van der Waals surface area (Å²) in [4.78, 5) is 30.4. The molecule has 0 bridgehead atoms. The number of piperidine rings is 2. The first-order valence-electron chi connectivity index (χ1n) is 13.1. The van der Waals surface area contributed by atoms with Gasteiger partial charge in [-0.15, -0.1) is 0 Å². The number of benzene rings is 2. The van der Waals surface area contributed by atoms with E-state index in [1.165, 1.54) is 24.8 Å². The van der Waals surface area contributed by atoms with E-state index in [1.807, 2.05) is 41.3 Å². The highest BCUT2D eigenvalue weighted by Gasteiger charge is 2.54. The molecule has 2 amide bonds. The van der Waals surface area contributed by atoms with Crippen molar-refractivity contribution in [3.63, 3.8) is 0 Å². The van der Waals surface area contributed by atoms with Gasteiger partial charge in [-0.2, -0.15) is 0 Å². The van der Waals surface area contributed by atoms with Crippen LogP contribution in [0, 0.1) is 0 Å². The van der Waals surface area contributed by atoms with Gasteiger partial charge in [0.25, 0.3) is 0 Å². The number of fused-ring (bicyclic) bond motifs is 2. The van der Waals surface area contributed by atoms with E-state index >= 15 is 0 Å². The van der Waals surface area contributed by atoms with Crippen LogP contribution in [0.4, 0.5) is 0 Å². The molecule has 0 aromatic heterocycles. The summed E-state index contributed by atoms with van der Waals surface area (Å²) in [7, 11) is 1.75. The lowest BCUT2D eigenvalue weighted by Gasteiger charge is -2.44. The zero-order valence-electron chi connectivity index (χ0n) is 20.7. The molecule has 6 nitrogen and oxygen atoms in total. The van der Waals surface area contributed by atoms with Crippen LogP contribution in [-0.2, 0) is 26.2 Å². The summed E-state index contributed by atoms with van der Waals surface area (Å²) in [5, 5.41) is 3.29. The van der Waals surface area contributed by atoms with E-state index < -0.39 is 0 Å². The van der Waals surface area contributed by atoms with Gasteiger partial charge in [0.2, 0.25) is 11.8 Å². The molecule has 2 heterocycles. The number of nitrogens with one attached hydrogen (secondary N) is 1. The molecule has 1 aliphatic carbocycles. The third-order valence-corrected chi connectivity index (χ3v) is 8.27. The van der Waals surface area contributed by atoms with Crippen LogP contribution in [0.2, 0.25) is 0 Å². The number of hydrogen-bond acceptors (Lipinski definition) is 4. The maximum Gasteiger partial charge on any atom is 0.236 e. The van der Waals surface area contributed by atoms with Crippen LogP contribution in [0.3, 0.4) is 0 Å². The molecular formula is C29H37N3O3. The molecular weight excluding hydrogens is 438 g/mol. The Bertz CT molecular complexity index is 1030. The summed E-state index contributed by atoms with van der Waals surface area (Å²) in [5.41, 5.74) is 3.21. The number of rotatable bonds is 6. The molecule has 35 heavy (non-hydrogen) atoms. The summed E-state index contributed by atoms with van der Waals surface area (Å²) >= 11 is 0. The summed E-state index contributed by atoms with van der Waals surface area (Å²) < 4.78 is 6.14. The molecule has 2 fully saturated rings. The first-order chi connectivity index (χ1) is 17.1. The van der Waals surface area contributed by atoms with Crippen LogP contribution in [0.1, 0.15) is 54.8 Å². The highest BCUT2D eigenvalue weighted by Crippen LogP contribution is 2.52. The van der Waals surface area contributed by atoms with Gasteiger partial charge < -0.3 is 15.0 Å². The Morgan fingerprint density at radius 3 is 2.34 bits per heavy atom. The molecule has 5 rings (SSSR count). The van der Waals surface area contributed by atoms with Crippen LogP contribution in [-0.4, -0.2) is 67.6 Å². The fourth-order valence-corrected chi connectivity index (χ4v) is 6.50. The first kappa shape index (κ1) is 24.0. The number of amides is 2. The molecule has 1 spiro atoms. The second-order valence-electron chi connectivity index (χ2n) is 10.3. The van der Waals surface area contributed by atoms with Crippen molar-refractivity contribution in [2.45, 2.75) is 56.1 Å². The first-order valence-corrected chi connectivity index (χ1v) is 13.1. The van der Waals surface area contributed by atoms with Crippen LogP contribution in [0.5, 0.6) is 0 Å². The summed E-state index contributed by atoms with van der Waals surface area (Å²) in [6.45, 7) is 4.06. The van der Waals surface area contributed by atoms with Crippen molar-refractivity contribution in [1.82, 2.24) is 15.1 Å². The Labute approximate surface area is 208 Å². The van der Waals surface area contributed by atoms with Gasteiger partial charge in [-0.05, 0) is 55.5 Å². The predicted molar refractivity (Wildman–Crippen MR) is 136 cm³/mol. The summed E-state index contributed by atoms with van der Waals surface area (Å²) in [6, 6.07) is 18.1. The largest absolute Gasteiger partial charge is 0.378 e. The molecule has 2 aromatic carbocycles. The molecule has 2 saturated heterocycles. The molecule has 2 aliphatic heterocycles. The second kappa shape index (κ2) is 10.5. The molecule has 2 atom stereocenters. The lowest BCUT2D eigenvalue weighted by atomic mass is 9.72. The topological polar surface area (TPSA) is 61.9 Å². The molecule has 0 unspecified atom stereocenters. The van der Waals surface area contributed by atoms with Crippen molar-refractivity contribution in [1.29, 1.82) is 0 Å². The quantitative estimate of drug-likeness (QED) is 0.695. The predicted octanol–water partition coefficient (Wildman–Crippen LogP) is 3.46. The van der Waals surface area contributed by atoms with Crippen LogP contribution >= 0.6 is 0 Å². The van der Waals surface area contributed by atoms with Gasteiger partial charge in [0.15, 0.2) is 0 Å². The van der Waals surface area contributed by atoms with Crippen LogP contribution in [0.25, 0.3) is 0 Å². The Balaban J connectivity index is 1.30. The average molecular weight is 476 g/mol. The van der Waals surface area contributed by atoms with Gasteiger partial charge in [0, 0.05) is 25.6 Å². The molecule has 6 heteroatoms. The van der Waals surface area contributed by atoms with E-state index in [9.17, 15) is 9.59 Å². The molecule has 1 N–H and O–H groups in total. The minimum Gasteiger partial charge on any atom is -0.378 e. The maximum atomic E-state index is 13.0. The van der Waals surface area contributed by atoms with Gasteiger partial charge >= 0.3 is 0 Å². The van der Waals surface area contributed by atoms with Crippen molar-refractivity contribution in [2.24, 2.45) is 0 Å². The number of carbonyl (C=O) groups excluding carboxylic acids is 2. The van der Waals surface area contributed by atoms with E-state index in [2.05, 4.69) is 28.4 Å². The van der Waals surface area contributed by atoms with E-state index in [-0.39, 0.29) is 29.4 Å². The monoisotopic (exact) mass is 475 g/mol. The number of methoxy groups -OCH3 is 1. The Morgan fingerprint density at radius 2 is 1.63 bits per heavy atom. The smallest absolute Gasteiger partial charge is 0.236 e. The number of hydrogen-bond donors (Lipinski definition) is 1. The molecule has 0 saturated carbocycles. The van der Waals surface area contributed by atoms with E-state index in [0.29, 0.717) is 13.0 Å². The summed E-state index contributed by atoms with van der Waals surface area (Å²) in [5.74, 6) is 0.249. The Hall–Kier alpha value is -2.70. The summed E-state index contributed by atoms with van der Waals surface area (Å²) in [6.07, 6.45) is 5.55. The van der Waals surface area contributed by atoms with Crippen molar-refractivity contribution >= 4 is 11.8 Å². The fraction of sp³-hybridized carbons (Fsp3) is 0.517. The lowest BCUT2D eigenvalue weighted by molar-refractivity contribution is -0.135. The van der Waals surface area contributed by atoms with Gasteiger partial charge in [0.05, 0.1) is 25.1 Å². The molecule has 0 radical (unpaired) electrons. The highest BCUT2D eigenvalue weighted by molar-refractivity contribution is 5.80. The van der Waals surface area contributed by atoms with E-state index in [1.54, 1.807) is 7.11 Å². The van der Waals surface area contributed by atoms with Gasteiger partial charge in [0.1, 0.15) is 0 Å². The number of nitrogens with zero attached hydrogens (tertiary/aromatic N) is 2. The minimum absolute atomic E-state index is 0.00393. The Kier molecular flexibility index (Phi) is 7.21. The van der Waals surface area contributed by atoms with Gasteiger partial charge in [-0.3, -0.25) is 14.5 Å². The second-order valence-corrected chi connectivity index (χ2v) is 10.3. The van der Waals surface area contributed by atoms with Crippen molar-refractivity contribution in [2.75, 3.05) is 39.8 Å². The number of ether oxygens (including phenoxy) is 1. The normalized spacial score (nSPS) is 23.7. The number of carbonyl (C=O) groups is 2. The van der Waals surface area contributed by atoms with Gasteiger partial charge in [-0.1, -0.05) is 61.0 Å². The van der Waals surface area contributed by atoms with Crippen molar-refractivity contribution in [3.8, 4) is 0 Å². The van der Waals surface area contributed by atoms with Crippen molar-refractivity contribution in [3.05, 3.63) is 71.3 Å². The van der Waals surface area contributed by atoms with Crippen molar-refractivity contribution < 1.29 is 14.3 Å². The molecule has 186 valence electrons.